The zero-order valence-corrected chi connectivity index (χ0v) is 24.2. The van der Waals surface area contributed by atoms with E-state index in [2.05, 4.69) is 87.6 Å². The molecule has 2 amide bonds. The molecule has 6 rings (SSSR count). The summed E-state index contributed by atoms with van der Waals surface area (Å²) in [5, 5.41) is 4.35. The Bertz CT molecular complexity index is 1460. The predicted octanol–water partition coefficient (Wildman–Crippen LogP) is 4.90. The number of carbonyl (C=O) groups excluding carboxylic acids is 2. The Balaban J connectivity index is 1.40. The molecule has 7 heteroatoms. The molecule has 42 heavy (non-hydrogen) atoms. The molecule has 0 spiro atoms. The number of fused-ring (bicyclic) bond motifs is 1. The second-order valence-electron chi connectivity index (χ2n) is 11.2. The van der Waals surface area contributed by atoms with Crippen LogP contribution in [0.5, 0.6) is 0 Å². The van der Waals surface area contributed by atoms with E-state index in [0.717, 1.165) is 85.5 Å². The maximum atomic E-state index is 14.3. The minimum absolute atomic E-state index is 0.0622. The first-order valence-electron chi connectivity index (χ1n) is 15.3. The Kier molecular flexibility index (Phi) is 8.97. The minimum atomic E-state index is -0.107. The molecule has 3 heterocycles. The van der Waals surface area contributed by atoms with Gasteiger partial charge in [-0.1, -0.05) is 78.9 Å². The largest absolute Gasteiger partial charge is 0.379 e. The molecule has 0 radical (unpaired) electrons. The number of rotatable bonds is 11. The Morgan fingerprint density at radius 1 is 0.810 bits per heavy atom. The third kappa shape index (κ3) is 6.13. The molecule has 0 unspecified atom stereocenters. The molecule has 1 N–H and O–H groups in total. The number of hydrogen-bond donors (Lipinski definition) is 1. The molecule has 2 aliphatic heterocycles. The second kappa shape index (κ2) is 13.4. The van der Waals surface area contributed by atoms with Crippen LogP contribution in [0, 0.1) is 0 Å². The lowest BCUT2D eigenvalue weighted by Gasteiger charge is -2.27. The van der Waals surface area contributed by atoms with Crippen molar-refractivity contribution in [1.82, 2.24) is 19.7 Å². The van der Waals surface area contributed by atoms with Crippen LogP contribution in [-0.4, -0.2) is 78.7 Å². The van der Waals surface area contributed by atoms with E-state index < -0.39 is 0 Å². The average molecular weight is 565 g/mol. The summed E-state index contributed by atoms with van der Waals surface area (Å²) in [7, 11) is 0. The molecule has 2 aliphatic rings. The van der Waals surface area contributed by atoms with Crippen molar-refractivity contribution in [3.63, 3.8) is 0 Å². The summed E-state index contributed by atoms with van der Waals surface area (Å²) in [6.07, 6.45) is 2.30. The highest BCUT2D eigenvalue weighted by Gasteiger charge is 2.30. The van der Waals surface area contributed by atoms with Gasteiger partial charge in [0.2, 0.25) is 5.91 Å². The quantitative estimate of drug-likeness (QED) is 0.263. The van der Waals surface area contributed by atoms with E-state index in [4.69, 9.17) is 4.74 Å². The third-order valence-corrected chi connectivity index (χ3v) is 8.58. The van der Waals surface area contributed by atoms with Crippen molar-refractivity contribution in [2.24, 2.45) is 0 Å². The van der Waals surface area contributed by atoms with Gasteiger partial charge in [-0.2, -0.15) is 0 Å². The topological polar surface area (TPSA) is 66.8 Å². The van der Waals surface area contributed by atoms with Gasteiger partial charge in [0.15, 0.2) is 0 Å². The summed E-state index contributed by atoms with van der Waals surface area (Å²) >= 11 is 0. The van der Waals surface area contributed by atoms with Gasteiger partial charge in [0.25, 0.3) is 5.91 Å². The average Bonchev–Trinajstić information content (AvgIpc) is 3.60. The second-order valence-corrected chi connectivity index (χ2v) is 11.2. The summed E-state index contributed by atoms with van der Waals surface area (Å²) < 4.78 is 7.81. The molecule has 0 aliphatic carbocycles. The van der Waals surface area contributed by atoms with Crippen LogP contribution in [0.3, 0.4) is 0 Å². The van der Waals surface area contributed by atoms with Crippen LogP contribution < -0.4 is 5.32 Å². The number of para-hydroxylation sites is 1. The summed E-state index contributed by atoms with van der Waals surface area (Å²) in [5.74, 6) is 0.0538. The van der Waals surface area contributed by atoms with Crippen LogP contribution >= 0.6 is 0 Å². The minimum Gasteiger partial charge on any atom is -0.379 e. The molecule has 0 bridgehead atoms. The van der Waals surface area contributed by atoms with E-state index in [1.807, 2.05) is 17.0 Å². The number of benzene rings is 3. The number of amides is 2. The molecule has 218 valence electrons. The monoisotopic (exact) mass is 564 g/mol. The van der Waals surface area contributed by atoms with Crippen molar-refractivity contribution in [2.45, 2.75) is 31.7 Å². The van der Waals surface area contributed by atoms with Crippen LogP contribution in [0.1, 0.15) is 52.4 Å². The van der Waals surface area contributed by atoms with Gasteiger partial charge in [-0.05, 0) is 30.0 Å². The van der Waals surface area contributed by atoms with Gasteiger partial charge in [-0.3, -0.25) is 14.5 Å². The molecular formula is C35H40N4O3. The van der Waals surface area contributed by atoms with Gasteiger partial charge < -0.3 is 19.5 Å². The zero-order chi connectivity index (χ0) is 28.7. The first kappa shape index (κ1) is 28.2. The zero-order valence-electron chi connectivity index (χ0n) is 24.2. The van der Waals surface area contributed by atoms with Gasteiger partial charge in [0.05, 0.1) is 13.2 Å². The number of likely N-dealkylation sites (tertiary alicyclic amines) is 1. The molecule has 2 saturated heterocycles. The highest BCUT2D eigenvalue weighted by Crippen LogP contribution is 2.40. The van der Waals surface area contributed by atoms with E-state index in [1.165, 1.54) is 0 Å². The molecule has 3 aromatic carbocycles. The number of aromatic nitrogens is 1. The lowest BCUT2D eigenvalue weighted by molar-refractivity contribution is -0.127. The van der Waals surface area contributed by atoms with Gasteiger partial charge in [0.1, 0.15) is 5.69 Å². The molecule has 4 aromatic rings. The lowest BCUT2D eigenvalue weighted by Crippen LogP contribution is -2.38. The number of nitrogens with one attached hydrogen (secondary N) is 1. The fourth-order valence-corrected chi connectivity index (χ4v) is 6.48. The van der Waals surface area contributed by atoms with Crippen molar-refractivity contribution in [1.29, 1.82) is 0 Å². The fraction of sp³-hybridized carbons (Fsp3) is 0.371. The van der Waals surface area contributed by atoms with Crippen molar-refractivity contribution in [2.75, 3.05) is 52.5 Å². The summed E-state index contributed by atoms with van der Waals surface area (Å²) in [6.45, 7) is 6.88. The third-order valence-electron chi connectivity index (χ3n) is 8.58. The maximum Gasteiger partial charge on any atom is 0.268 e. The van der Waals surface area contributed by atoms with Crippen molar-refractivity contribution < 1.29 is 14.3 Å². The molecular weight excluding hydrogens is 524 g/mol. The summed E-state index contributed by atoms with van der Waals surface area (Å²) in [5.41, 5.74) is 5.14. The Morgan fingerprint density at radius 2 is 1.48 bits per heavy atom. The number of ether oxygens (including phenoxy) is 1. The number of carbonyl (C=O) groups is 2. The SMILES string of the molecule is O=C(NCCCN1CCCC1=O)c1c(C(c2ccccc2)c2ccccc2)c2ccccc2n1CCN1CCOCC1. The van der Waals surface area contributed by atoms with E-state index in [9.17, 15) is 9.59 Å². The van der Waals surface area contributed by atoms with Crippen molar-refractivity contribution in [3.05, 3.63) is 107 Å². The van der Waals surface area contributed by atoms with E-state index >= 15 is 0 Å². The van der Waals surface area contributed by atoms with Crippen molar-refractivity contribution >= 4 is 22.7 Å². The van der Waals surface area contributed by atoms with Crippen LogP contribution in [0.2, 0.25) is 0 Å². The van der Waals surface area contributed by atoms with Crippen LogP contribution in [0.15, 0.2) is 84.9 Å². The number of nitrogens with zero attached hydrogens (tertiary/aromatic N) is 3. The van der Waals surface area contributed by atoms with E-state index in [-0.39, 0.29) is 17.7 Å². The first-order chi connectivity index (χ1) is 20.7. The maximum absolute atomic E-state index is 14.3. The summed E-state index contributed by atoms with van der Waals surface area (Å²) in [4.78, 5) is 30.7. The van der Waals surface area contributed by atoms with Gasteiger partial charge in [0, 0.05) is 74.6 Å². The van der Waals surface area contributed by atoms with Gasteiger partial charge in [-0.15, -0.1) is 0 Å². The molecule has 2 fully saturated rings. The Morgan fingerprint density at radius 3 is 2.14 bits per heavy atom. The Hall–Kier alpha value is -3.94. The lowest BCUT2D eigenvalue weighted by atomic mass is 9.83. The van der Waals surface area contributed by atoms with Gasteiger partial charge >= 0.3 is 0 Å². The predicted molar refractivity (Wildman–Crippen MR) is 166 cm³/mol. The first-order valence-corrected chi connectivity index (χ1v) is 15.3. The van der Waals surface area contributed by atoms with Crippen molar-refractivity contribution in [3.8, 4) is 0 Å². The van der Waals surface area contributed by atoms with Gasteiger partial charge in [-0.25, -0.2) is 0 Å². The van der Waals surface area contributed by atoms with E-state index in [1.54, 1.807) is 0 Å². The van der Waals surface area contributed by atoms with Crippen LogP contribution in [0.25, 0.3) is 10.9 Å². The molecule has 7 nitrogen and oxygen atoms in total. The van der Waals surface area contributed by atoms with Crippen LogP contribution in [-0.2, 0) is 16.1 Å². The molecule has 1 aromatic heterocycles. The number of morpholine rings is 1. The number of hydrogen-bond acceptors (Lipinski definition) is 4. The highest BCUT2D eigenvalue weighted by molar-refractivity contribution is 6.03. The van der Waals surface area contributed by atoms with Crippen LogP contribution in [0.4, 0.5) is 0 Å². The smallest absolute Gasteiger partial charge is 0.268 e. The normalized spacial score (nSPS) is 16.0. The molecule has 0 atom stereocenters. The molecule has 0 saturated carbocycles. The fourth-order valence-electron chi connectivity index (χ4n) is 6.48. The highest BCUT2D eigenvalue weighted by atomic mass is 16.5. The standard InChI is InChI=1S/C35H40N4O3/c40-31-17-9-19-38(31)20-10-18-36-35(41)34-33(32(27-11-3-1-4-12-27)28-13-5-2-6-14-28)29-15-7-8-16-30(29)39(34)22-21-37-23-25-42-26-24-37/h1-8,11-16,32H,9-10,17-26H2,(H,36,41). The van der Waals surface area contributed by atoms with E-state index in [0.29, 0.717) is 26.1 Å². The Labute approximate surface area is 248 Å². The summed E-state index contributed by atoms with van der Waals surface area (Å²) in [6, 6.07) is 29.4.